The molecule has 102 valence electrons. The van der Waals surface area contributed by atoms with Gasteiger partial charge in [0, 0.05) is 29.1 Å². The number of amides is 1. The summed E-state index contributed by atoms with van der Waals surface area (Å²) in [5, 5.41) is 2.85. The first kappa shape index (κ1) is 12.9. The van der Waals surface area contributed by atoms with E-state index in [1.54, 1.807) is 0 Å². The summed E-state index contributed by atoms with van der Waals surface area (Å²) in [6.45, 7) is 6.94. The van der Waals surface area contributed by atoms with Crippen LogP contribution in [-0.4, -0.2) is 10.9 Å². The van der Waals surface area contributed by atoms with Gasteiger partial charge >= 0.3 is 0 Å². The highest BCUT2D eigenvalue weighted by atomic mass is 16.1. The first-order valence-corrected chi connectivity index (χ1v) is 6.95. The van der Waals surface area contributed by atoms with Crippen molar-refractivity contribution in [2.45, 2.75) is 33.2 Å². The van der Waals surface area contributed by atoms with E-state index < -0.39 is 0 Å². The number of nitrogens with zero attached hydrogens (tertiary/aromatic N) is 1. The molecule has 0 atom stereocenters. The molecule has 0 spiro atoms. The van der Waals surface area contributed by atoms with Gasteiger partial charge < -0.3 is 5.32 Å². The molecule has 0 aliphatic carbocycles. The standard InChI is InChI=1S/C17H18N2O/c1-10(2)16-7-6-14(11(3)19-16)12-4-5-13-9-18-17(20)15(13)8-12/h4-8,10H,9H2,1-3H3,(H,18,20). The predicted octanol–water partition coefficient (Wildman–Crippen LogP) is 3.42. The molecule has 1 N–H and O–H groups in total. The Labute approximate surface area is 119 Å². The average Bonchev–Trinajstić information content (AvgIpc) is 2.80. The molecule has 1 aromatic heterocycles. The Kier molecular flexibility index (Phi) is 3.05. The van der Waals surface area contributed by atoms with Crippen LogP contribution in [0, 0.1) is 6.92 Å². The fourth-order valence-corrected chi connectivity index (χ4v) is 2.59. The van der Waals surface area contributed by atoms with Gasteiger partial charge in [0.15, 0.2) is 0 Å². The van der Waals surface area contributed by atoms with Crippen LogP contribution in [0.5, 0.6) is 0 Å². The molecule has 1 aromatic carbocycles. The number of hydrogen-bond donors (Lipinski definition) is 1. The van der Waals surface area contributed by atoms with Crippen LogP contribution in [-0.2, 0) is 6.54 Å². The molecule has 0 bridgehead atoms. The van der Waals surface area contributed by atoms with Gasteiger partial charge in [-0.15, -0.1) is 0 Å². The van der Waals surface area contributed by atoms with Crippen LogP contribution in [0.2, 0.25) is 0 Å². The third kappa shape index (κ3) is 2.09. The van der Waals surface area contributed by atoms with E-state index in [-0.39, 0.29) is 5.91 Å². The third-order valence-electron chi connectivity index (χ3n) is 3.80. The first-order chi connectivity index (χ1) is 9.56. The van der Waals surface area contributed by atoms with E-state index in [4.69, 9.17) is 0 Å². The molecular formula is C17H18N2O. The summed E-state index contributed by atoms with van der Waals surface area (Å²) in [5.41, 5.74) is 6.12. The predicted molar refractivity (Wildman–Crippen MR) is 79.7 cm³/mol. The topological polar surface area (TPSA) is 42.0 Å². The maximum absolute atomic E-state index is 11.8. The number of pyridine rings is 1. The Hall–Kier alpha value is -2.16. The number of aromatic nitrogens is 1. The molecule has 3 rings (SSSR count). The molecule has 20 heavy (non-hydrogen) atoms. The fourth-order valence-electron chi connectivity index (χ4n) is 2.59. The van der Waals surface area contributed by atoms with Crippen LogP contribution in [0.15, 0.2) is 30.3 Å². The van der Waals surface area contributed by atoms with Crippen molar-refractivity contribution in [2.24, 2.45) is 0 Å². The molecule has 1 aliphatic rings. The summed E-state index contributed by atoms with van der Waals surface area (Å²) in [7, 11) is 0. The molecule has 2 aromatic rings. The number of hydrogen-bond acceptors (Lipinski definition) is 2. The zero-order valence-electron chi connectivity index (χ0n) is 12.0. The summed E-state index contributed by atoms with van der Waals surface area (Å²) in [5.74, 6) is 0.444. The van der Waals surface area contributed by atoms with Crippen molar-refractivity contribution in [3.8, 4) is 11.1 Å². The zero-order valence-corrected chi connectivity index (χ0v) is 12.0. The minimum absolute atomic E-state index is 0.0197. The lowest BCUT2D eigenvalue weighted by Crippen LogP contribution is -2.12. The van der Waals surface area contributed by atoms with Crippen molar-refractivity contribution in [1.82, 2.24) is 10.3 Å². The Morgan fingerprint density at radius 3 is 2.65 bits per heavy atom. The Morgan fingerprint density at radius 2 is 1.95 bits per heavy atom. The number of benzene rings is 1. The Morgan fingerprint density at radius 1 is 1.15 bits per heavy atom. The molecule has 0 fully saturated rings. The van der Waals surface area contributed by atoms with E-state index in [2.05, 4.69) is 42.3 Å². The quantitative estimate of drug-likeness (QED) is 0.905. The van der Waals surface area contributed by atoms with Crippen molar-refractivity contribution in [3.05, 3.63) is 52.8 Å². The van der Waals surface area contributed by atoms with Gasteiger partial charge in [0.05, 0.1) is 0 Å². The molecule has 1 aliphatic heterocycles. The van der Waals surface area contributed by atoms with Gasteiger partial charge in [-0.1, -0.05) is 32.0 Å². The molecule has 1 amide bonds. The molecule has 3 heteroatoms. The van der Waals surface area contributed by atoms with Crippen molar-refractivity contribution >= 4 is 5.91 Å². The van der Waals surface area contributed by atoms with Gasteiger partial charge in [0.1, 0.15) is 0 Å². The van der Waals surface area contributed by atoms with Gasteiger partial charge in [-0.2, -0.15) is 0 Å². The highest BCUT2D eigenvalue weighted by Crippen LogP contribution is 2.28. The van der Waals surface area contributed by atoms with Gasteiger partial charge in [-0.25, -0.2) is 0 Å². The second-order valence-corrected chi connectivity index (χ2v) is 5.58. The Bertz CT molecular complexity index is 689. The molecule has 2 heterocycles. The number of rotatable bonds is 2. The highest BCUT2D eigenvalue weighted by Gasteiger charge is 2.19. The molecule has 0 saturated heterocycles. The summed E-state index contributed by atoms with van der Waals surface area (Å²) >= 11 is 0. The van der Waals surface area contributed by atoms with Gasteiger partial charge in [0.2, 0.25) is 0 Å². The Balaban J connectivity index is 2.06. The van der Waals surface area contributed by atoms with Crippen LogP contribution in [0.4, 0.5) is 0 Å². The van der Waals surface area contributed by atoms with Gasteiger partial charge in [0.25, 0.3) is 5.91 Å². The molecular weight excluding hydrogens is 248 g/mol. The number of nitrogens with one attached hydrogen (secondary N) is 1. The average molecular weight is 266 g/mol. The van der Waals surface area contributed by atoms with E-state index in [9.17, 15) is 4.79 Å². The largest absolute Gasteiger partial charge is 0.348 e. The van der Waals surface area contributed by atoms with Crippen molar-refractivity contribution in [2.75, 3.05) is 0 Å². The summed E-state index contributed by atoms with van der Waals surface area (Å²) in [4.78, 5) is 16.4. The number of aryl methyl sites for hydroxylation is 1. The third-order valence-corrected chi connectivity index (χ3v) is 3.80. The summed E-state index contributed by atoms with van der Waals surface area (Å²) in [6.07, 6.45) is 0. The van der Waals surface area contributed by atoms with Crippen LogP contribution < -0.4 is 5.32 Å². The van der Waals surface area contributed by atoms with E-state index in [0.29, 0.717) is 12.5 Å². The van der Waals surface area contributed by atoms with Gasteiger partial charge in [-0.3, -0.25) is 9.78 Å². The molecule has 0 radical (unpaired) electrons. The van der Waals surface area contributed by atoms with E-state index in [0.717, 1.165) is 33.6 Å². The van der Waals surface area contributed by atoms with E-state index >= 15 is 0 Å². The van der Waals surface area contributed by atoms with Crippen LogP contribution in [0.3, 0.4) is 0 Å². The van der Waals surface area contributed by atoms with Crippen LogP contribution >= 0.6 is 0 Å². The first-order valence-electron chi connectivity index (χ1n) is 6.95. The second-order valence-electron chi connectivity index (χ2n) is 5.58. The number of fused-ring (bicyclic) bond motifs is 1. The van der Waals surface area contributed by atoms with Crippen molar-refractivity contribution in [1.29, 1.82) is 0 Å². The number of carbonyl (C=O) groups excluding carboxylic acids is 1. The lowest BCUT2D eigenvalue weighted by Gasteiger charge is -2.10. The minimum Gasteiger partial charge on any atom is -0.348 e. The van der Waals surface area contributed by atoms with Gasteiger partial charge in [-0.05, 0) is 36.1 Å². The summed E-state index contributed by atoms with van der Waals surface area (Å²) < 4.78 is 0. The molecule has 0 unspecified atom stereocenters. The molecule has 3 nitrogen and oxygen atoms in total. The van der Waals surface area contributed by atoms with Crippen LogP contribution in [0.1, 0.15) is 47.1 Å². The maximum atomic E-state index is 11.8. The minimum atomic E-state index is 0.0197. The normalized spacial score (nSPS) is 13.5. The SMILES string of the molecule is Cc1nc(C(C)C)ccc1-c1ccc2c(c1)C(=O)NC2. The second kappa shape index (κ2) is 4.75. The number of carbonyl (C=O) groups is 1. The van der Waals surface area contributed by atoms with E-state index in [1.807, 2.05) is 19.1 Å². The van der Waals surface area contributed by atoms with Crippen LogP contribution in [0.25, 0.3) is 11.1 Å². The maximum Gasteiger partial charge on any atom is 0.251 e. The van der Waals surface area contributed by atoms with E-state index in [1.165, 1.54) is 0 Å². The monoisotopic (exact) mass is 266 g/mol. The smallest absolute Gasteiger partial charge is 0.251 e. The van der Waals surface area contributed by atoms with Crippen molar-refractivity contribution < 1.29 is 4.79 Å². The lowest BCUT2D eigenvalue weighted by molar-refractivity contribution is 0.0966. The summed E-state index contributed by atoms with van der Waals surface area (Å²) in [6, 6.07) is 10.2. The fraction of sp³-hybridized carbons (Fsp3) is 0.294. The molecule has 0 saturated carbocycles. The van der Waals surface area contributed by atoms with Crippen molar-refractivity contribution in [3.63, 3.8) is 0 Å². The zero-order chi connectivity index (χ0) is 14.3. The lowest BCUT2D eigenvalue weighted by atomic mass is 9.98. The highest BCUT2D eigenvalue weighted by molar-refractivity contribution is 5.99.